The highest BCUT2D eigenvalue weighted by Gasteiger charge is 1.87. The molecule has 0 rings (SSSR count). The summed E-state index contributed by atoms with van der Waals surface area (Å²) in [5.41, 5.74) is 0. The summed E-state index contributed by atoms with van der Waals surface area (Å²) in [6.45, 7) is 0. The van der Waals surface area contributed by atoms with Crippen molar-refractivity contribution in [1.82, 2.24) is 4.31 Å². The molecule has 0 aromatic heterocycles. The number of rotatable bonds is 4. The van der Waals surface area contributed by atoms with Crippen molar-refractivity contribution in [3.8, 4) is 0 Å². The molecule has 0 aliphatic heterocycles. The van der Waals surface area contributed by atoms with Crippen molar-refractivity contribution in [1.29, 1.82) is 0 Å². The number of hydrogen-bond acceptors (Lipinski definition) is 2. The van der Waals surface area contributed by atoms with Gasteiger partial charge in [0, 0.05) is 11.6 Å². The van der Waals surface area contributed by atoms with E-state index in [2.05, 4.69) is 4.31 Å². The highest BCUT2D eigenvalue weighted by Crippen LogP contribution is 2.04. The van der Waals surface area contributed by atoms with Crippen LogP contribution in [0.5, 0.6) is 0 Å². The van der Waals surface area contributed by atoms with Crippen molar-refractivity contribution >= 4 is 23.5 Å². The van der Waals surface area contributed by atoms with E-state index in [1.54, 1.807) is 11.9 Å². The molecule has 50 valence electrons. The normalized spacial score (nSPS) is 10.5. The van der Waals surface area contributed by atoms with Crippen molar-refractivity contribution in [2.24, 2.45) is 0 Å². The fourth-order valence-electron chi connectivity index (χ4n) is 0.302. The second-order valence-corrected chi connectivity index (χ2v) is 3.46. The monoisotopic (exact) mass is 153 g/mol. The van der Waals surface area contributed by atoms with E-state index in [0.29, 0.717) is 0 Å². The van der Waals surface area contributed by atoms with Gasteiger partial charge in [0.15, 0.2) is 0 Å². The van der Waals surface area contributed by atoms with E-state index in [9.17, 15) is 0 Å². The molecule has 0 amide bonds. The third kappa shape index (κ3) is 6.60. The van der Waals surface area contributed by atoms with Gasteiger partial charge in [0.2, 0.25) is 0 Å². The molecule has 0 aliphatic carbocycles. The van der Waals surface area contributed by atoms with E-state index in [1.807, 2.05) is 14.1 Å². The summed E-state index contributed by atoms with van der Waals surface area (Å²) in [4.78, 5) is 0. The van der Waals surface area contributed by atoms with E-state index >= 15 is 0 Å². The summed E-state index contributed by atoms with van der Waals surface area (Å²) in [6, 6.07) is 0. The lowest BCUT2D eigenvalue weighted by molar-refractivity contribution is 0.701. The largest absolute Gasteiger partial charge is 0.257 e. The van der Waals surface area contributed by atoms with Gasteiger partial charge in [-0.2, -0.15) is 0 Å². The van der Waals surface area contributed by atoms with Gasteiger partial charge in [-0.05, 0) is 20.5 Å². The summed E-state index contributed by atoms with van der Waals surface area (Å²) in [7, 11) is 4.08. The summed E-state index contributed by atoms with van der Waals surface area (Å²) in [6.07, 6.45) is 1.10. The van der Waals surface area contributed by atoms with Crippen molar-refractivity contribution in [2.75, 3.05) is 25.7 Å². The smallest absolute Gasteiger partial charge is 0.0231 e. The first-order valence-corrected chi connectivity index (χ1v) is 4.11. The van der Waals surface area contributed by atoms with Gasteiger partial charge in [0.1, 0.15) is 0 Å². The lowest BCUT2D eigenvalue weighted by atomic mass is 10.6. The minimum absolute atomic E-state index is 0.779. The quantitative estimate of drug-likeness (QED) is 0.345. The van der Waals surface area contributed by atoms with E-state index in [0.717, 1.165) is 18.1 Å². The minimum atomic E-state index is 0.779. The van der Waals surface area contributed by atoms with Gasteiger partial charge >= 0.3 is 0 Å². The zero-order chi connectivity index (χ0) is 6.41. The molecule has 0 bridgehead atoms. The molecule has 1 nitrogen and oxygen atoms in total. The van der Waals surface area contributed by atoms with Gasteiger partial charge in [-0.3, -0.25) is 4.31 Å². The van der Waals surface area contributed by atoms with Gasteiger partial charge in [0.05, 0.1) is 0 Å². The second kappa shape index (κ2) is 5.73. The zero-order valence-electron chi connectivity index (χ0n) is 5.35. The van der Waals surface area contributed by atoms with Gasteiger partial charge in [0.25, 0.3) is 0 Å². The van der Waals surface area contributed by atoms with Crippen LogP contribution in [0.25, 0.3) is 0 Å². The molecule has 0 aliphatic rings. The standard InChI is InChI=1S/C5H12ClNS/c1-7(2)8-5-3-4-6/h3-5H2,1-2H3. The van der Waals surface area contributed by atoms with Crippen molar-refractivity contribution in [3.05, 3.63) is 0 Å². The first kappa shape index (κ1) is 8.60. The maximum Gasteiger partial charge on any atom is 0.0231 e. The molecule has 0 aromatic rings. The van der Waals surface area contributed by atoms with Crippen molar-refractivity contribution in [2.45, 2.75) is 6.42 Å². The predicted molar refractivity (Wildman–Crippen MR) is 41.5 cm³/mol. The molecule has 0 saturated heterocycles. The Balaban J connectivity index is 2.72. The van der Waals surface area contributed by atoms with Crippen LogP contribution >= 0.6 is 23.5 Å². The minimum Gasteiger partial charge on any atom is -0.257 e. The Labute approximate surface area is 60.5 Å². The van der Waals surface area contributed by atoms with Crippen LogP contribution in [0.1, 0.15) is 6.42 Å². The van der Waals surface area contributed by atoms with Gasteiger partial charge in [-0.25, -0.2) is 0 Å². The Morgan fingerprint density at radius 3 is 2.50 bits per heavy atom. The highest BCUT2D eigenvalue weighted by molar-refractivity contribution is 7.96. The third-order valence-corrected chi connectivity index (χ3v) is 1.88. The molecule has 8 heavy (non-hydrogen) atoms. The number of hydrogen-bond donors (Lipinski definition) is 0. The van der Waals surface area contributed by atoms with Crippen LogP contribution < -0.4 is 0 Å². The Kier molecular flexibility index (Phi) is 6.16. The van der Waals surface area contributed by atoms with Gasteiger partial charge < -0.3 is 0 Å². The fraction of sp³-hybridized carbons (Fsp3) is 1.00. The highest BCUT2D eigenvalue weighted by atomic mass is 35.5. The Morgan fingerprint density at radius 2 is 2.12 bits per heavy atom. The van der Waals surface area contributed by atoms with E-state index < -0.39 is 0 Å². The van der Waals surface area contributed by atoms with Crippen molar-refractivity contribution in [3.63, 3.8) is 0 Å². The molecule has 0 saturated carbocycles. The maximum absolute atomic E-state index is 5.45. The van der Waals surface area contributed by atoms with Crippen LogP contribution in [-0.4, -0.2) is 30.0 Å². The Hall–Kier alpha value is 0.600. The van der Waals surface area contributed by atoms with Gasteiger partial charge in [-0.1, -0.05) is 11.9 Å². The van der Waals surface area contributed by atoms with E-state index in [1.165, 1.54) is 0 Å². The summed E-state index contributed by atoms with van der Waals surface area (Å²) in [5.74, 6) is 1.91. The number of nitrogens with zero attached hydrogens (tertiary/aromatic N) is 1. The SMILES string of the molecule is CN(C)SCCCCl. The molecule has 0 radical (unpaired) electrons. The van der Waals surface area contributed by atoms with Crippen LogP contribution in [0.3, 0.4) is 0 Å². The molecule has 0 aromatic carbocycles. The molecule has 0 unspecified atom stereocenters. The molecule has 0 atom stereocenters. The first-order chi connectivity index (χ1) is 3.77. The maximum atomic E-state index is 5.45. The second-order valence-electron chi connectivity index (χ2n) is 1.69. The summed E-state index contributed by atoms with van der Waals surface area (Å²) < 4.78 is 2.09. The third-order valence-electron chi connectivity index (χ3n) is 0.627. The molecular weight excluding hydrogens is 142 g/mol. The molecule has 0 heterocycles. The topological polar surface area (TPSA) is 3.24 Å². The first-order valence-electron chi connectivity index (χ1n) is 2.63. The zero-order valence-corrected chi connectivity index (χ0v) is 6.93. The van der Waals surface area contributed by atoms with Gasteiger partial charge in [-0.15, -0.1) is 11.6 Å². The fourth-order valence-corrected chi connectivity index (χ4v) is 1.23. The summed E-state index contributed by atoms with van der Waals surface area (Å²) in [5, 5.41) is 0. The molecule has 0 spiro atoms. The lowest BCUT2D eigenvalue weighted by Crippen LogP contribution is -2.00. The van der Waals surface area contributed by atoms with Crippen LogP contribution in [0.2, 0.25) is 0 Å². The predicted octanol–water partition coefficient (Wildman–Crippen LogP) is 1.83. The average molecular weight is 154 g/mol. The average Bonchev–Trinajstić information content (AvgIpc) is 1.66. The number of alkyl halides is 1. The molecule has 0 fully saturated rings. The van der Waals surface area contributed by atoms with Crippen LogP contribution in [0, 0.1) is 0 Å². The Morgan fingerprint density at radius 1 is 1.50 bits per heavy atom. The van der Waals surface area contributed by atoms with Crippen LogP contribution in [-0.2, 0) is 0 Å². The van der Waals surface area contributed by atoms with E-state index in [-0.39, 0.29) is 0 Å². The van der Waals surface area contributed by atoms with Crippen LogP contribution in [0.15, 0.2) is 0 Å². The molecule has 3 heteroatoms. The van der Waals surface area contributed by atoms with Crippen LogP contribution in [0.4, 0.5) is 0 Å². The van der Waals surface area contributed by atoms with Crippen molar-refractivity contribution < 1.29 is 0 Å². The Bertz CT molecular complexity index is 49.7. The lowest BCUT2D eigenvalue weighted by Gasteiger charge is -2.05. The van der Waals surface area contributed by atoms with E-state index in [4.69, 9.17) is 11.6 Å². The molecule has 0 N–H and O–H groups in total. The summed E-state index contributed by atoms with van der Waals surface area (Å²) >= 11 is 7.26. The molecular formula is C5H12ClNS. The number of halogens is 1.